The van der Waals surface area contributed by atoms with Crippen LogP contribution in [0.5, 0.6) is 0 Å². The molecule has 86 valence electrons. The van der Waals surface area contributed by atoms with Crippen molar-refractivity contribution in [3.63, 3.8) is 0 Å². The summed E-state index contributed by atoms with van der Waals surface area (Å²) in [5.74, 6) is 0. The second-order valence-electron chi connectivity index (χ2n) is 4.06. The molecule has 0 aliphatic carbocycles. The van der Waals surface area contributed by atoms with E-state index in [1.807, 2.05) is 0 Å². The normalized spacial score (nSPS) is 11.6. The molecule has 2 aromatic rings. The molecule has 0 radical (unpaired) electrons. The number of hydrogen-bond donors (Lipinski definition) is 0. The van der Waals surface area contributed by atoms with E-state index < -0.39 is 0 Å². The van der Waals surface area contributed by atoms with Crippen LogP contribution >= 0.6 is 15.9 Å². The van der Waals surface area contributed by atoms with Gasteiger partial charge in [-0.2, -0.15) is 0 Å². The second-order valence-corrected chi connectivity index (χ2v) is 4.97. The Hall–Kier alpha value is -1.34. The minimum absolute atomic E-state index is 1.11. The third kappa shape index (κ3) is 2.86. The molecule has 0 fully saturated rings. The van der Waals surface area contributed by atoms with Crippen LogP contribution in [0.15, 0.2) is 59.1 Å². The van der Waals surface area contributed by atoms with Gasteiger partial charge in [0.2, 0.25) is 0 Å². The smallest absolute Gasteiger partial charge is 0.0175 e. The highest BCUT2D eigenvalue weighted by molar-refractivity contribution is 9.10. The summed E-state index contributed by atoms with van der Waals surface area (Å²) in [7, 11) is 0. The predicted octanol–water partition coefficient (Wildman–Crippen LogP) is 5.54. The summed E-state index contributed by atoms with van der Waals surface area (Å²) in [5, 5.41) is 0. The topological polar surface area (TPSA) is 0 Å². The molecule has 17 heavy (non-hydrogen) atoms. The van der Waals surface area contributed by atoms with Crippen molar-refractivity contribution in [1.82, 2.24) is 0 Å². The Bertz CT molecular complexity index is 518. The molecule has 0 aliphatic rings. The van der Waals surface area contributed by atoms with E-state index in [0.717, 1.165) is 4.47 Å². The van der Waals surface area contributed by atoms with Crippen LogP contribution in [0.3, 0.4) is 0 Å². The molecule has 0 unspecified atom stereocenters. The highest BCUT2D eigenvalue weighted by atomic mass is 79.9. The molecule has 0 N–H and O–H groups in total. The van der Waals surface area contributed by atoms with E-state index in [4.69, 9.17) is 0 Å². The fraction of sp³-hybridized carbons (Fsp3) is 0.125. The molecule has 2 rings (SSSR count). The van der Waals surface area contributed by atoms with Gasteiger partial charge in [-0.25, -0.2) is 0 Å². The van der Waals surface area contributed by atoms with Crippen molar-refractivity contribution >= 4 is 21.5 Å². The third-order valence-corrected chi connectivity index (χ3v) is 3.48. The third-order valence-electron chi connectivity index (χ3n) is 2.95. The van der Waals surface area contributed by atoms with E-state index >= 15 is 0 Å². The monoisotopic (exact) mass is 286 g/mol. The summed E-state index contributed by atoms with van der Waals surface area (Å²) in [6, 6.07) is 17.1. The van der Waals surface area contributed by atoms with E-state index in [1.165, 1.54) is 22.3 Å². The average Bonchev–Trinajstić information content (AvgIpc) is 2.39. The van der Waals surface area contributed by atoms with Crippen molar-refractivity contribution in [1.29, 1.82) is 0 Å². The molecule has 0 saturated heterocycles. The minimum atomic E-state index is 1.11. The Morgan fingerprint density at radius 3 is 1.82 bits per heavy atom. The van der Waals surface area contributed by atoms with Gasteiger partial charge in [0.1, 0.15) is 0 Å². The quantitative estimate of drug-likeness (QED) is 0.680. The van der Waals surface area contributed by atoms with Gasteiger partial charge in [-0.3, -0.25) is 0 Å². The minimum Gasteiger partial charge on any atom is -0.0841 e. The van der Waals surface area contributed by atoms with Crippen LogP contribution in [-0.2, 0) is 0 Å². The lowest BCUT2D eigenvalue weighted by atomic mass is 10.0. The van der Waals surface area contributed by atoms with Gasteiger partial charge in [0, 0.05) is 4.47 Å². The van der Waals surface area contributed by atoms with Crippen LogP contribution in [0.25, 0.3) is 16.7 Å². The fourth-order valence-electron chi connectivity index (χ4n) is 1.73. The van der Waals surface area contributed by atoms with E-state index in [2.05, 4.69) is 84.4 Å². The summed E-state index contributed by atoms with van der Waals surface area (Å²) in [6.07, 6.45) is 2.13. The maximum absolute atomic E-state index is 3.45. The molecule has 0 nitrogen and oxygen atoms in total. The van der Waals surface area contributed by atoms with Gasteiger partial charge in [-0.15, -0.1) is 0 Å². The molecule has 0 aliphatic heterocycles. The van der Waals surface area contributed by atoms with Crippen LogP contribution in [0.4, 0.5) is 0 Å². The maximum atomic E-state index is 3.45. The number of allylic oxidation sites excluding steroid dienone is 2. The van der Waals surface area contributed by atoms with Gasteiger partial charge < -0.3 is 0 Å². The van der Waals surface area contributed by atoms with Crippen molar-refractivity contribution in [3.8, 4) is 11.1 Å². The van der Waals surface area contributed by atoms with Gasteiger partial charge in [0.25, 0.3) is 0 Å². The number of benzene rings is 2. The largest absolute Gasteiger partial charge is 0.0841 e. The summed E-state index contributed by atoms with van der Waals surface area (Å²) < 4.78 is 1.11. The molecule has 0 heterocycles. The second kappa shape index (κ2) is 5.33. The molecule has 0 bridgehead atoms. The summed E-state index contributed by atoms with van der Waals surface area (Å²) >= 11 is 3.45. The molecule has 0 saturated carbocycles. The van der Waals surface area contributed by atoms with Crippen molar-refractivity contribution in [2.45, 2.75) is 13.8 Å². The van der Waals surface area contributed by atoms with E-state index in [-0.39, 0.29) is 0 Å². The molecule has 2 aromatic carbocycles. The zero-order valence-electron chi connectivity index (χ0n) is 10.1. The lowest BCUT2D eigenvalue weighted by Gasteiger charge is -2.05. The van der Waals surface area contributed by atoms with E-state index in [9.17, 15) is 0 Å². The Kier molecular flexibility index (Phi) is 3.80. The lowest BCUT2D eigenvalue weighted by molar-refractivity contribution is 1.53. The first-order valence-corrected chi connectivity index (χ1v) is 6.49. The van der Waals surface area contributed by atoms with Crippen LogP contribution in [0, 0.1) is 0 Å². The van der Waals surface area contributed by atoms with Crippen molar-refractivity contribution in [2.24, 2.45) is 0 Å². The van der Waals surface area contributed by atoms with Crippen molar-refractivity contribution in [2.75, 3.05) is 0 Å². The molecule has 0 aromatic heterocycles. The molecule has 0 atom stereocenters. The van der Waals surface area contributed by atoms with Gasteiger partial charge in [0.05, 0.1) is 0 Å². The van der Waals surface area contributed by atoms with Crippen LogP contribution in [0.2, 0.25) is 0 Å². The number of hydrogen-bond acceptors (Lipinski definition) is 0. The van der Waals surface area contributed by atoms with E-state index in [1.54, 1.807) is 0 Å². The van der Waals surface area contributed by atoms with Gasteiger partial charge >= 0.3 is 0 Å². The first-order chi connectivity index (χ1) is 8.20. The summed E-state index contributed by atoms with van der Waals surface area (Å²) in [6.45, 7) is 4.20. The Balaban J connectivity index is 2.32. The lowest BCUT2D eigenvalue weighted by Crippen LogP contribution is -1.81. The first kappa shape index (κ1) is 12.1. The van der Waals surface area contributed by atoms with Gasteiger partial charge in [0.15, 0.2) is 0 Å². The zero-order valence-corrected chi connectivity index (χ0v) is 11.7. The number of halogens is 1. The van der Waals surface area contributed by atoms with Crippen LogP contribution in [0.1, 0.15) is 19.4 Å². The summed E-state index contributed by atoms with van der Waals surface area (Å²) in [5.41, 5.74) is 5.10. The Morgan fingerprint density at radius 1 is 0.882 bits per heavy atom. The van der Waals surface area contributed by atoms with Crippen molar-refractivity contribution in [3.05, 3.63) is 64.6 Å². The van der Waals surface area contributed by atoms with Gasteiger partial charge in [-0.1, -0.05) is 58.4 Å². The highest BCUT2D eigenvalue weighted by Crippen LogP contribution is 2.23. The Morgan fingerprint density at radius 2 is 1.35 bits per heavy atom. The van der Waals surface area contributed by atoms with Crippen LogP contribution < -0.4 is 0 Å². The average molecular weight is 287 g/mol. The molecule has 1 heteroatoms. The zero-order chi connectivity index (χ0) is 12.3. The summed E-state index contributed by atoms with van der Waals surface area (Å²) in [4.78, 5) is 0. The Labute approximate surface area is 111 Å². The fourth-order valence-corrected chi connectivity index (χ4v) is 2.00. The number of rotatable bonds is 2. The maximum Gasteiger partial charge on any atom is 0.0175 e. The van der Waals surface area contributed by atoms with Crippen LogP contribution in [-0.4, -0.2) is 0 Å². The van der Waals surface area contributed by atoms with Crippen molar-refractivity contribution < 1.29 is 0 Å². The first-order valence-electron chi connectivity index (χ1n) is 5.70. The molecular formula is C16H15Br. The SMILES string of the molecule is C/C=C(\C)c1ccc(-c2ccc(Br)cc2)cc1. The van der Waals surface area contributed by atoms with Gasteiger partial charge in [-0.05, 0) is 48.2 Å². The van der Waals surface area contributed by atoms with E-state index in [0.29, 0.717) is 0 Å². The molecular weight excluding hydrogens is 272 g/mol. The molecule has 0 spiro atoms. The highest BCUT2D eigenvalue weighted by Gasteiger charge is 1.98. The molecule has 0 amide bonds. The predicted molar refractivity (Wildman–Crippen MR) is 78.9 cm³/mol. The standard InChI is InChI=1S/C16H15Br/c1-3-12(2)13-4-6-14(7-5-13)15-8-10-16(17)11-9-15/h3-11H,1-2H3/b12-3+.